The average Bonchev–Trinajstić information content (AvgIpc) is 3.38. The molecule has 0 saturated carbocycles. The maximum absolute atomic E-state index is 5.25. The van der Waals surface area contributed by atoms with Gasteiger partial charge in [0.05, 0.1) is 33.8 Å². The van der Waals surface area contributed by atoms with E-state index >= 15 is 0 Å². The summed E-state index contributed by atoms with van der Waals surface area (Å²) in [5.74, 6) is 1.45. The summed E-state index contributed by atoms with van der Waals surface area (Å²) in [6.45, 7) is 0. The highest BCUT2D eigenvalue weighted by molar-refractivity contribution is 5.85. The molecule has 11 aromatic rings. The highest BCUT2D eigenvalue weighted by atomic mass is 14.9. The molecule has 2 atom stereocenters. The van der Waals surface area contributed by atoms with Crippen LogP contribution in [0.1, 0.15) is 45.2 Å². The van der Waals surface area contributed by atoms with Crippen LogP contribution < -0.4 is 0 Å². The molecule has 4 heterocycles. The number of fused-ring (bicyclic) bond motifs is 2. The molecule has 0 amide bonds. The smallest absolute Gasteiger partial charge is 0.160 e. The molecule has 0 spiro atoms. The fourth-order valence-corrected chi connectivity index (χ4v) is 9.88. The molecule has 3 aliphatic carbocycles. The molecule has 0 aliphatic heterocycles. The number of nitrogens with zero attached hydrogens (tertiary/aromatic N) is 6. The Morgan fingerprint density at radius 3 is 1.09 bits per heavy atom. The van der Waals surface area contributed by atoms with Crippen LogP contribution in [0.5, 0.6) is 0 Å². The third-order valence-corrected chi connectivity index (χ3v) is 12.9. The fraction of sp³-hybridized carbons (Fsp3) is 0.0345. The van der Waals surface area contributed by atoms with Crippen LogP contribution in [-0.4, -0.2) is 29.9 Å². The Kier molecular flexibility index (Phi) is 8.24. The lowest BCUT2D eigenvalue weighted by Gasteiger charge is -2.42. The van der Waals surface area contributed by atoms with Crippen molar-refractivity contribution in [2.45, 2.75) is 11.8 Å². The Morgan fingerprint density at radius 2 is 0.641 bits per heavy atom. The molecule has 0 fully saturated rings. The van der Waals surface area contributed by atoms with E-state index in [1.807, 2.05) is 60.9 Å². The molecule has 6 nitrogen and oxygen atoms in total. The van der Waals surface area contributed by atoms with Gasteiger partial charge < -0.3 is 0 Å². The quantitative estimate of drug-likeness (QED) is 0.166. The number of aromatic nitrogens is 6. The van der Waals surface area contributed by atoms with Crippen LogP contribution in [-0.2, 0) is 0 Å². The highest BCUT2D eigenvalue weighted by Crippen LogP contribution is 2.56. The standard InChI is InChI=1S/C58H36N6/c1-3-13-35(14-4-1)51-31-53(41-27-37-17-7-11-21-49(37)59-33-41)63-57(61-51)39-23-25-45-47(29-39)55-43-19-9-10-20-44(43)56(45)48-30-40(24-26-46(48)55)58-62-52(36-15-5-2-6-16-36)32-54(64-58)42-28-38-18-8-12-22-50(38)60-34-42/h1-34,55-56H. The zero-order valence-corrected chi connectivity index (χ0v) is 34.5. The summed E-state index contributed by atoms with van der Waals surface area (Å²) < 4.78 is 0. The molecular weight excluding hydrogens is 781 g/mol. The second-order valence-corrected chi connectivity index (χ2v) is 16.7. The molecular formula is C58H36N6. The van der Waals surface area contributed by atoms with Gasteiger partial charge in [0.2, 0.25) is 0 Å². The first kappa shape index (κ1) is 36.2. The topological polar surface area (TPSA) is 77.3 Å². The van der Waals surface area contributed by atoms with Gasteiger partial charge >= 0.3 is 0 Å². The third kappa shape index (κ3) is 6.03. The molecule has 2 unspecified atom stereocenters. The minimum absolute atomic E-state index is 0.0393. The lowest BCUT2D eigenvalue weighted by Crippen LogP contribution is -2.27. The van der Waals surface area contributed by atoms with E-state index in [1.54, 1.807) is 0 Å². The van der Waals surface area contributed by atoms with Gasteiger partial charge in [0.25, 0.3) is 0 Å². The van der Waals surface area contributed by atoms with Crippen LogP contribution in [0, 0.1) is 0 Å². The van der Waals surface area contributed by atoms with Crippen molar-refractivity contribution in [2.75, 3.05) is 0 Å². The van der Waals surface area contributed by atoms with Crippen LogP contribution in [0.4, 0.5) is 0 Å². The monoisotopic (exact) mass is 816 g/mol. The first-order chi connectivity index (χ1) is 31.7. The highest BCUT2D eigenvalue weighted by Gasteiger charge is 2.41. The van der Waals surface area contributed by atoms with Crippen molar-refractivity contribution in [1.82, 2.24) is 29.9 Å². The van der Waals surface area contributed by atoms with Gasteiger partial charge in [-0.3, -0.25) is 9.97 Å². The van der Waals surface area contributed by atoms with Crippen molar-refractivity contribution < 1.29 is 0 Å². The predicted octanol–water partition coefficient (Wildman–Crippen LogP) is 13.4. The zero-order chi connectivity index (χ0) is 42.1. The molecule has 2 bridgehead atoms. The lowest BCUT2D eigenvalue weighted by atomic mass is 9.61. The number of hydrogen-bond donors (Lipinski definition) is 0. The van der Waals surface area contributed by atoms with Crippen molar-refractivity contribution in [3.63, 3.8) is 0 Å². The molecule has 0 radical (unpaired) electrons. The van der Waals surface area contributed by atoms with E-state index in [0.717, 1.165) is 78.0 Å². The summed E-state index contributed by atoms with van der Waals surface area (Å²) in [6, 6.07) is 68.2. The number of para-hydroxylation sites is 2. The average molecular weight is 817 g/mol. The van der Waals surface area contributed by atoms with Gasteiger partial charge in [-0.05, 0) is 81.9 Å². The summed E-state index contributed by atoms with van der Waals surface area (Å²) >= 11 is 0. The number of rotatable bonds is 6. The van der Waals surface area contributed by atoms with E-state index in [1.165, 1.54) is 33.4 Å². The van der Waals surface area contributed by atoms with E-state index in [-0.39, 0.29) is 11.8 Å². The van der Waals surface area contributed by atoms with Gasteiger partial charge in [0, 0.05) is 68.4 Å². The Morgan fingerprint density at radius 1 is 0.266 bits per heavy atom. The number of benzene rings is 7. The van der Waals surface area contributed by atoms with E-state index in [9.17, 15) is 0 Å². The summed E-state index contributed by atoms with van der Waals surface area (Å²) in [6.07, 6.45) is 3.84. The predicted molar refractivity (Wildman–Crippen MR) is 256 cm³/mol. The van der Waals surface area contributed by atoms with Crippen molar-refractivity contribution in [3.05, 3.63) is 240 Å². The lowest BCUT2D eigenvalue weighted by molar-refractivity contribution is 0.754. The minimum Gasteiger partial charge on any atom is -0.256 e. The Balaban J connectivity index is 0.938. The van der Waals surface area contributed by atoms with Crippen molar-refractivity contribution >= 4 is 21.8 Å². The first-order valence-corrected chi connectivity index (χ1v) is 21.7. The minimum atomic E-state index is 0.0393. The molecule has 3 aliphatic rings. The summed E-state index contributed by atoms with van der Waals surface area (Å²) in [5, 5.41) is 2.15. The van der Waals surface area contributed by atoms with Crippen LogP contribution in [0.3, 0.4) is 0 Å². The van der Waals surface area contributed by atoms with Crippen LogP contribution in [0.2, 0.25) is 0 Å². The second kappa shape index (κ2) is 14.6. The molecule has 0 saturated heterocycles. The largest absolute Gasteiger partial charge is 0.256 e. The molecule has 4 aromatic heterocycles. The molecule has 6 heteroatoms. The van der Waals surface area contributed by atoms with E-state index in [4.69, 9.17) is 29.9 Å². The molecule has 0 N–H and O–H groups in total. The zero-order valence-electron chi connectivity index (χ0n) is 34.5. The second-order valence-electron chi connectivity index (χ2n) is 16.7. The number of hydrogen-bond acceptors (Lipinski definition) is 6. The first-order valence-electron chi connectivity index (χ1n) is 21.7. The Labute approximate surface area is 369 Å². The van der Waals surface area contributed by atoms with E-state index in [0.29, 0.717) is 11.6 Å². The number of pyridine rings is 2. The maximum Gasteiger partial charge on any atom is 0.160 e. The summed E-state index contributed by atoms with van der Waals surface area (Å²) in [5.41, 5.74) is 19.1. The third-order valence-electron chi connectivity index (χ3n) is 12.9. The molecule has 64 heavy (non-hydrogen) atoms. The maximum atomic E-state index is 5.25. The van der Waals surface area contributed by atoms with Gasteiger partial charge in [0.15, 0.2) is 11.6 Å². The van der Waals surface area contributed by atoms with Crippen molar-refractivity contribution in [2.24, 2.45) is 0 Å². The van der Waals surface area contributed by atoms with Gasteiger partial charge in [-0.15, -0.1) is 0 Å². The van der Waals surface area contributed by atoms with E-state index in [2.05, 4.69) is 146 Å². The van der Waals surface area contributed by atoms with Crippen LogP contribution >= 0.6 is 0 Å². The molecule has 298 valence electrons. The molecule has 14 rings (SSSR count). The van der Waals surface area contributed by atoms with Crippen LogP contribution in [0.15, 0.2) is 207 Å². The van der Waals surface area contributed by atoms with Crippen LogP contribution in [0.25, 0.3) is 89.6 Å². The van der Waals surface area contributed by atoms with Gasteiger partial charge in [-0.1, -0.05) is 146 Å². The summed E-state index contributed by atoms with van der Waals surface area (Å²) in [7, 11) is 0. The molecule has 7 aromatic carbocycles. The van der Waals surface area contributed by atoms with Crippen molar-refractivity contribution in [1.29, 1.82) is 0 Å². The SMILES string of the molecule is c1ccc(-c2cc(-c3cnc4ccccc4c3)nc(-c3ccc4c(c3)C3c5ccccc5C4c4cc(-c5nc(-c6ccccc6)cc(-c6cnc7ccccc7c6)n5)ccc43)n2)cc1. The Hall–Kier alpha value is -8.48. The van der Waals surface area contributed by atoms with Gasteiger partial charge in [-0.25, -0.2) is 19.9 Å². The van der Waals surface area contributed by atoms with Gasteiger partial charge in [0.1, 0.15) is 0 Å². The summed E-state index contributed by atoms with van der Waals surface area (Å²) in [4.78, 5) is 30.5. The van der Waals surface area contributed by atoms with E-state index < -0.39 is 0 Å². The Bertz CT molecular complexity index is 3400. The fourth-order valence-electron chi connectivity index (χ4n) is 9.88. The van der Waals surface area contributed by atoms with Crippen molar-refractivity contribution in [3.8, 4) is 67.8 Å². The normalized spacial score (nSPS) is 14.6. The van der Waals surface area contributed by atoms with Gasteiger partial charge in [-0.2, -0.15) is 0 Å².